The van der Waals surface area contributed by atoms with Crippen molar-refractivity contribution in [3.8, 4) is 11.1 Å². The van der Waals surface area contributed by atoms with Gasteiger partial charge in [0, 0.05) is 41.7 Å². The lowest BCUT2D eigenvalue weighted by Gasteiger charge is -2.17. The van der Waals surface area contributed by atoms with E-state index in [4.69, 9.17) is 0 Å². The monoisotopic (exact) mass is 332 g/mol. The van der Waals surface area contributed by atoms with Crippen LogP contribution in [0.1, 0.15) is 13.8 Å². The molecule has 0 amide bonds. The minimum atomic E-state index is 0.00968. The molecule has 1 aromatic carbocycles. The topological polar surface area (TPSA) is 61.9 Å². The van der Waals surface area contributed by atoms with E-state index in [1.54, 1.807) is 13.1 Å². The van der Waals surface area contributed by atoms with E-state index in [0.29, 0.717) is 5.57 Å². The van der Waals surface area contributed by atoms with Gasteiger partial charge in [0.1, 0.15) is 0 Å². The Hall–Kier alpha value is -3.21. The molecule has 2 aromatic heterocycles. The minimum Gasteiger partial charge on any atom is -0.350 e. The number of carbonyl (C=O) groups excluding carboxylic acids is 1. The maximum absolute atomic E-state index is 11.7. The van der Waals surface area contributed by atoms with Crippen molar-refractivity contribution in [3.63, 3.8) is 0 Å². The fraction of sp³-hybridized carbons (Fsp3) is 0.150. The van der Waals surface area contributed by atoms with Crippen molar-refractivity contribution in [2.75, 3.05) is 11.9 Å². The molecule has 0 fully saturated rings. The highest BCUT2D eigenvalue weighted by molar-refractivity contribution is 5.97. The summed E-state index contributed by atoms with van der Waals surface area (Å²) in [6.07, 6.45) is 5.41. The summed E-state index contributed by atoms with van der Waals surface area (Å²) in [5, 5.41) is 7.82. The Labute approximate surface area is 146 Å². The Bertz CT molecular complexity index is 951. The van der Waals surface area contributed by atoms with E-state index in [9.17, 15) is 4.79 Å². The third kappa shape index (κ3) is 3.50. The smallest absolute Gasteiger partial charge is 0.161 e. The molecule has 0 bridgehead atoms. The second-order valence-corrected chi connectivity index (χ2v) is 6.07. The number of benzene rings is 1. The summed E-state index contributed by atoms with van der Waals surface area (Å²) in [5.74, 6) is 0.00968. The first-order valence-corrected chi connectivity index (χ1v) is 7.97. The summed E-state index contributed by atoms with van der Waals surface area (Å²) in [4.78, 5) is 18.0. The first kappa shape index (κ1) is 16.6. The SMILES string of the molecule is C=C(C)/C(=C\N(C)c1ccc(-c2cnc3[nH]ncc3c2)cc1)C(C)=O. The van der Waals surface area contributed by atoms with Gasteiger partial charge in [0.2, 0.25) is 0 Å². The molecule has 5 nitrogen and oxygen atoms in total. The Morgan fingerprint density at radius 2 is 1.88 bits per heavy atom. The van der Waals surface area contributed by atoms with Gasteiger partial charge < -0.3 is 4.90 Å². The van der Waals surface area contributed by atoms with Crippen molar-refractivity contribution in [3.05, 3.63) is 66.7 Å². The molecular weight excluding hydrogens is 312 g/mol. The third-order valence-corrected chi connectivity index (χ3v) is 4.06. The average molecular weight is 332 g/mol. The van der Waals surface area contributed by atoms with Crippen molar-refractivity contribution in [2.24, 2.45) is 0 Å². The van der Waals surface area contributed by atoms with Gasteiger partial charge in [0.05, 0.1) is 6.20 Å². The number of Topliss-reactive ketones (excluding diaryl/α,β-unsaturated/α-hetero) is 1. The number of hydrogen-bond acceptors (Lipinski definition) is 4. The fourth-order valence-corrected chi connectivity index (χ4v) is 2.65. The van der Waals surface area contributed by atoms with E-state index < -0.39 is 0 Å². The third-order valence-electron chi connectivity index (χ3n) is 4.06. The number of anilines is 1. The summed E-state index contributed by atoms with van der Waals surface area (Å²) in [6, 6.07) is 10.2. The largest absolute Gasteiger partial charge is 0.350 e. The molecule has 126 valence electrons. The molecule has 0 aliphatic heterocycles. The first-order valence-electron chi connectivity index (χ1n) is 7.97. The summed E-state index contributed by atoms with van der Waals surface area (Å²) >= 11 is 0. The van der Waals surface area contributed by atoms with E-state index in [1.807, 2.05) is 55.5 Å². The molecule has 0 atom stereocenters. The van der Waals surface area contributed by atoms with Gasteiger partial charge >= 0.3 is 0 Å². The molecule has 0 unspecified atom stereocenters. The van der Waals surface area contributed by atoms with Gasteiger partial charge in [0.25, 0.3) is 0 Å². The predicted octanol–water partition coefficient (Wildman–Crippen LogP) is 4.11. The van der Waals surface area contributed by atoms with Crippen molar-refractivity contribution in [2.45, 2.75) is 13.8 Å². The summed E-state index contributed by atoms with van der Waals surface area (Å²) in [6.45, 7) is 7.26. The van der Waals surface area contributed by atoms with E-state index in [-0.39, 0.29) is 5.78 Å². The van der Waals surface area contributed by atoms with Crippen LogP contribution in [-0.2, 0) is 4.79 Å². The number of pyridine rings is 1. The normalized spacial score (nSPS) is 11.6. The van der Waals surface area contributed by atoms with E-state index in [0.717, 1.165) is 33.4 Å². The van der Waals surface area contributed by atoms with Gasteiger partial charge in [-0.15, -0.1) is 0 Å². The quantitative estimate of drug-likeness (QED) is 0.564. The zero-order chi connectivity index (χ0) is 18.0. The zero-order valence-electron chi connectivity index (χ0n) is 14.6. The number of ketones is 1. The molecule has 5 heteroatoms. The van der Waals surface area contributed by atoms with Crippen molar-refractivity contribution in [1.29, 1.82) is 0 Å². The van der Waals surface area contributed by atoms with Gasteiger partial charge in [-0.1, -0.05) is 18.7 Å². The Kier molecular flexibility index (Phi) is 4.48. The molecule has 0 spiro atoms. The number of nitrogens with one attached hydrogen (secondary N) is 1. The van der Waals surface area contributed by atoms with Crippen LogP contribution in [0.5, 0.6) is 0 Å². The van der Waals surface area contributed by atoms with Gasteiger partial charge in [-0.25, -0.2) is 4.98 Å². The lowest BCUT2D eigenvalue weighted by atomic mass is 10.1. The maximum atomic E-state index is 11.7. The molecule has 3 rings (SSSR count). The van der Waals surface area contributed by atoms with Crippen LogP contribution in [0.4, 0.5) is 5.69 Å². The van der Waals surface area contributed by atoms with Gasteiger partial charge in [-0.3, -0.25) is 9.89 Å². The van der Waals surface area contributed by atoms with Gasteiger partial charge in [-0.05, 0) is 43.2 Å². The van der Waals surface area contributed by atoms with Crippen molar-refractivity contribution < 1.29 is 4.79 Å². The number of fused-ring (bicyclic) bond motifs is 1. The van der Waals surface area contributed by atoms with E-state index in [2.05, 4.69) is 27.8 Å². The second-order valence-electron chi connectivity index (χ2n) is 6.07. The second kappa shape index (κ2) is 6.73. The highest BCUT2D eigenvalue weighted by atomic mass is 16.1. The van der Waals surface area contributed by atoms with Crippen molar-refractivity contribution >= 4 is 22.5 Å². The lowest BCUT2D eigenvalue weighted by molar-refractivity contribution is -0.113. The maximum Gasteiger partial charge on any atom is 0.161 e. The number of rotatable bonds is 5. The molecule has 0 saturated heterocycles. The Morgan fingerprint density at radius 3 is 2.52 bits per heavy atom. The first-order chi connectivity index (χ1) is 12.0. The Morgan fingerprint density at radius 1 is 1.16 bits per heavy atom. The van der Waals surface area contributed by atoms with Crippen LogP contribution in [0.15, 0.2) is 66.7 Å². The number of aromatic amines is 1. The molecular formula is C20H20N4O. The van der Waals surface area contributed by atoms with Crippen molar-refractivity contribution in [1.82, 2.24) is 15.2 Å². The number of nitrogens with zero attached hydrogens (tertiary/aromatic N) is 3. The minimum absolute atomic E-state index is 0.00968. The van der Waals surface area contributed by atoms with Crippen LogP contribution in [0.2, 0.25) is 0 Å². The molecule has 3 aromatic rings. The van der Waals surface area contributed by atoms with Gasteiger partial charge in [-0.2, -0.15) is 5.10 Å². The lowest BCUT2D eigenvalue weighted by Crippen LogP contribution is -2.12. The highest BCUT2D eigenvalue weighted by Crippen LogP contribution is 2.25. The molecule has 0 aliphatic carbocycles. The molecule has 1 N–H and O–H groups in total. The molecule has 2 heterocycles. The highest BCUT2D eigenvalue weighted by Gasteiger charge is 2.08. The predicted molar refractivity (Wildman–Crippen MR) is 101 cm³/mol. The fourth-order valence-electron chi connectivity index (χ4n) is 2.65. The van der Waals surface area contributed by atoms with Crippen LogP contribution in [-0.4, -0.2) is 28.0 Å². The van der Waals surface area contributed by atoms with Crippen LogP contribution < -0.4 is 4.90 Å². The van der Waals surface area contributed by atoms with Crippen LogP contribution in [0.3, 0.4) is 0 Å². The van der Waals surface area contributed by atoms with Crippen LogP contribution in [0, 0.1) is 0 Å². The summed E-state index contributed by atoms with van der Waals surface area (Å²) in [5.41, 5.74) is 5.26. The molecule has 0 radical (unpaired) electrons. The summed E-state index contributed by atoms with van der Waals surface area (Å²) in [7, 11) is 1.92. The standard InChI is InChI=1S/C20H20N4O/c1-13(2)19(14(3)25)12-24(4)18-7-5-15(6-8-18)16-9-17-11-22-23-20(17)21-10-16/h5-12H,1H2,2-4H3,(H,21,22,23)/b19-12+. The van der Waals surface area contributed by atoms with Gasteiger partial charge in [0.15, 0.2) is 11.4 Å². The van der Waals surface area contributed by atoms with E-state index >= 15 is 0 Å². The van der Waals surface area contributed by atoms with Crippen LogP contribution >= 0.6 is 0 Å². The van der Waals surface area contributed by atoms with Crippen LogP contribution in [0.25, 0.3) is 22.2 Å². The molecule has 0 saturated carbocycles. The number of carbonyl (C=O) groups is 1. The number of aromatic nitrogens is 3. The number of allylic oxidation sites excluding steroid dienone is 2. The molecule has 0 aliphatic rings. The Balaban J connectivity index is 1.87. The summed E-state index contributed by atoms with van der Waals surface area (Å²) < 4.78 is 0. The molecule has 25 heavy (non-hydrogen) atoms. The average Bonchev–Trinajstić information content (AvgIpc) is 3.06. The number of H-pyrrole nitrogens is 1. The zero-order valence-corrected chi connectivity index (χ0v) is 14.6. The van der Waals surface area contributed by atoms with E-state index in [1.165, 1.54) is 0 Å². The number of hydrogen-bond donors (Lipinski definition) is 1.